The van der Waals surface area contributed by atoms with E-state index in [9.17, 15) is 4.79 Å². The molecule has 116 valence electrons. The summed E-state index contributed by atoms with van der Waals surface area (Å²) >= 11 is 0. The van der Waals surface area contributed by atoms with E-state index in [-0.39, 0.29) is 25.3 Å². The molecule has 0 saturated carbocycles. The summed E-state index contributed by atoms with van der Waals surface area (Å²) in [4.78, 5) is 13.8. The summed E-state index contributed by atoms with van der Waals surface area (Å²) < 4.78 is 0. The number of nitrogens with zero attached hydrogens (tertiary/aromatic N) is 3. The maximum atomic E-state index is 12.3. The molecule has 0 radical (unpaired) electrons. The molecule has 1 aromatic carbocycles. The van der Waals surface area contributed by atoms with Crippen LogP contribution in [0.1, 0.15) is 38.2 Å². The highest BCUT2D eigenvalue weighted by Crippen LogP contribution is 2.23. The average Bonchev–Trinajstić information content (AvgIpc) is 2.53. The van der Waals surface area contributed by atoms with E-state index in [4.69, 9.17) is 10.5 Å². The Labute approximate surface area is 132 Å². The van der Waals surface area contributed by atoms with Gasteiger partial charge in [-0.15, -0.1) is 0 Å². The van der Waals surface area contributed by atoms with Crippen LogP contribution in [0.5, 0.6) is 0 Å². The highest BCUT2D eigenvalue weighted by molar-refractivity contribution is 5.81. The number of carbonyl (C=O) groups excluding carboxylic acids is 1. The highest BCUT2D eigenvalue weighted by Gasteiger charge is 2.13. The second-order valence-electron chi connectivity index (χ2n) is 5.29. The van der Waals surface area contributed by atoms with Gasteiger partial charge in [-0.3, -0.25) is 4.79 Å². The van der Waals surface area contributed by atoms with Crippen molar-refractivity contribution in [1.82, 2.24) is 4.90 Å². The summed E-state index contributed by atoms with van der Waals surface area (Å²) in [6, 6.07) is 12.0. The minimum Gasteiger partial charge on any atom is -0.376 e. The first-order valence-corrected chi connectivity index (χ1v) is 7.44. The number of hydrogen-bond acceptors (Lipinski definition) is 4. The lowest BCUT2D eigenvalue weighted by atomic mass is 10.0. The molecule has 0 heterocycles. The molecular weight excluding hydrogens is 276 g/mol. The van der Waals surface area contributed by atoms with E-state index in [0.29, 0.717) is 19.0 Å². The van der Waals surface area contributed by atoms with Crippen molar-refractivity contribution in [3.63, 3.8) is 0 Å². The topological polar surface area (TPSA) is 79.9 Å². The van der Waals surface area contributed by atoms with E-state index in [1.807, 2.05) is 36.4 Å². The van der Waals surface area contributed by atoms with Crippen molar-refractivity contribution >= 4 is 11.6 Å². The first kappa shape index (κ1) is 17.5. The fraction of sp³-hybridized carbons (Fsp3) is 0.471. The minimum absolute atomic E-state index is 0.0935. The number of benzene rings is 1. The van der Waals surface area contributed by atoms with Crippen LogP contribution in [0.4, 0.5) is 5.69 Å². The smallest absolute Gasteiger partial charge is 0.241 e. The van der Waals surface area contributed by atoms with Gasteiger partial charge in [0.15, 0.2) is 0 Å². The second kappa shape index (κ2) is 9.41. The van der Waals surface area contributed by atoms with Crippen LogP contribution in [0.25, 0.3) is 0 Å². The Bertz CT molecular complexity index is 551. The van der Waals surface area contributed by atoms with Crippen LogP contribution in [0.15, 0.2) is 24.3 Å². The molecule has 0 aromatic heterocycles. The Kier molecular flexibility index (Phi) is 7.50. The van der Waals surface area contributed by atoms with Gasteiger partial charge in [-0.25, -0.2) is 0 Å². The molecule has 22 heavy (non-hydrogen) atoms. The van der Waals surface area contributed by atoms with Crippen molar-refractivity contribution in [3.05, 3.63) is 29.8 Å². The van der Waals surface area contributed by atoms with E-state index in [0.717, 1.165) is 11.3 Å². The standard InChI is InChI=1S/C17H22N4O/c1-14(2)15-7-3-4-8-16(15)20-13-17(22)21(11-5-9-18)12-6-10-19/h3-4,7-8,14,20H,5-6,11-13H2,1-2H3. The molecule has 0 atom stereocenters. The third-order valence-corrected chi connectivity index (χ3v) is 3.35. The van der Waals surface area contributed by atoms with Crippen molar-refractivity contribution in [2.24, 2.45) is 0 Å². The maximum absolute atomic E-state index is 12.3. The third kappa shape index (κ3) is 5.46. The predicted octanol–water partition coefficient (Wildman–Crippen LogP) is 2.88. The van der Waals surface area contributed by atoms with Crippen LogP contribution >= 0.6 is 0 Å². The van der Waals surface area contributed by atoms with Gasteiger partial charge in [0, 0.05) is 18.8 Å². The number of carbonyl (C=O) groups is 1. The lowest BCUT2D eigenvalue weighted by Crippen LogP contribution is -2.37. The Balaban J connectivity index is 2.66. The van der Waals surface area contributed by atoms with Crippen molar-refractivity contribution in [2.75, 3.05) is 25.0 Å². The lowest BCUT2D eigenvalue weighted by molar-refractivity contribution is -0.129. The zero-order valence-electron chi connectivity index (χ0n) is 13.2. The first-order valence-electron chi connectivity index (χ1n) is 7.44. The molecule has 1 aromatic rings. The average molecular weight is 298 g/mol. The largest absolute Gasteiger partial charge is 0.376 e. The van der Waals surface area contributed by atoms with Crippen LogP contribution in [0.2, 0.25) is 0 Å². The monoisotopic (exact) mass is 298 g/mol. The van der Waals surface area contributed by atoms with E-state index in [2.05, 4.69) is 19.2 Å². The van der Waals surface area contributed by atoms with Crippen LogP contribution in [-0.4, -0.2) is 30.4 Å². The van der Waals surface area contributed by atoms with Gasteiger partial charge in [0.05, 0.1) is 31.5 Å². The van der Waals surface area contributed by atoms with Crippen LogP contribution in [0, 0.1) is 22.7 Å². The first-order chi connectivity index (χ1) is 10.6. The van der Waals surface area contributed by atoms with Crippen molar-refractivity contribution in [3.8, 4) is 12.1 Å². The molecular formula is C17H22N4O. The summed E-state index contributed by atoms with van der Waals surface area (Å²) in [7, 11) is 0. The molecule has 1 rings (SSSR count). The normalized spacial score (nSPS) is 9.86. The van der Waals surface area contributed by atoms with Crippen LogP contribution in [-0.2, 0) is 4.79 Å². The molecule has 0 unspecified atom stereocenters. The van der Waals surface area contributed by atoms with Crippen molar-refractivity contribution in [1.29, 1.82) is 10.5 Å². The van der Waals surface area contributed by atoms with Crippen LogP contribution < -0.4 is 5.32 Å². The van der Waals surface area contributed by atoms with Gasteiger partial charge < -0.3 is 10.2 Å². The van der Waals surface area contributed by atoms with Gasteiger partial charge in [0.2, 0.25) is 5.91 Å². The number of nitrogens with one attached hydrogen (secondary N) is 1. The Hall–Kier alpha value is -2.53. The number of amides is 1. The highest BCUT2D eigenvalue weighted by atomic mass is 16.2. The molecule has 0 aliphatic rings. The Morgan fingerprint density at radius 2 is 1.77 bits per heavy atom. The predicted molar refractivity (Wildman–Crippen MR) is 86.1 cm³/mol. The summed E-state index contributed by atoms with van der Waals surface area (Å²) in [5.41, 5.74) is 2.11. The molecule has 5 heteroatoms. The van der Waals surface area contributed by atoms with Gasteiger partial charge >= 0.3 is 0 Å². The van der Waals surface area contributed by atoms with Gasteiger partial charge in [-0.2, -0.15) is 10.5 Å². The summed E-state index contributed by atoms with van der Waals surface area (Å²) in [5.74, 6) is 0.274. The SMILES string of the molecule is CC(C)c1ccccc1NCC(=O)N(CCC#N)CCC#N. The molecule has 0 bridgehead atoms. The third-order valence-electron chi connectivity index (χ3n) is 3.35. The number of nitriles is 2. The molecule has 0 saturated heterocycles. The molecule has 1 amide bonds. The van der Waals surface area contributed by atoms with Gasteiger partial charge in [0.1, 0.15) is 0 Å². The summed E-state index contributed by atoms with van der Waals surface area (Å²) in [5, 5.41) is 20.5. The zero-order chi connectivity index (χ0) is 16.4. The molecule has 0 spiro atoms. The zero-order valence-corrected chi connectivity index (χ0v) is 13.2. The van der Waals surface area contributed by atoms with E-state index in [1.165, 1.54) is 0 Å². The van der Waals surface area contributed by atoms with Crippen LogP contribution in [0.3, 0.4) is 0 Å². The quantitative estimate of drug-likeness (QED) is 0.800. The van der Waals surface area contributed by atoms with Gasteiger partial charge in [0.25, 0.3) is 0 Å². The Morgan fingerprint density at radius 3 is 2.32 bits per heavy atom. The summed E-state index contributed by atoms with van der Waals surface area (Å²) in [6.45, 7) is 5.11. The van der Waals surface area contributed by atoms with Gasteiger partial charge in [-0.05, 0) is 17.5 Å². The van der Waals surface area contributed by atoms with E-state index >= 15 is 0 Å². The number of para-hydroxylation sites is 1. The van der Waals surface area contributed by atoms with E-state index in [1.54, 1.807) is 4.90 Å². The number of rotatable bonds is 8. The molecule has 1 N–H and O–H groups in total. The maximum Gasteiger partial charge on any atom is 0.241 e. The fourth-order valence-corrected chi connectivity index (χ4v) is 2.18. The van der Waals surface area contributed by atoms with Gasteiger partial charge in [-0.1, -0.05) is 32.0 Å². The van der Waals surface area contributed by atoms with E-state index < -0.39 is 0 Å². The molecule has 0 fully saturated rings. The summed E-state index contributed by atoms with van der Waals surface area (Å²) in [6.07, 6.45) is 0.555. The molecule has 0 aliphatic heterocycles. The van der Waals surface area contributed by atoms with Crippen molar-refractivity contribution in [2.45, 2.75) is 32.6 Å². The minimum atomic E-state index is -0.0935. The molecule has 0 aliphatic carbocycles. The number of anilines is 1. The van der Waals surface area contributed by atoms with Crippen molar-refractivity contribution < 1.29 is 4.79 Å². The lowest BCUT2D eigenvalue weighted by Gasteiger charge is -2.21. The number of hydrogen-bond donors (Lipinski definition) is 1. The fourth-order valence-electron chi connectivity index (χ4n) is 2.18. The molecule has 5 nitrogen and oxygen atoms in total. The second-order valence-corrected chi connectivity index (χ2v) is 5.29. The Morgan fingerprint density at radius 1 is 1.18 bits per heavy atom.